The van der Waals surface area contributed by atoms with Gasteiger partial charge in [-0.1, -0.05) is 0 Å². The van der Waals surface area contributed by atoms with Gasteiger partial charge in [-0.05, 0) is 25.3 Å². The Labute approximate surface area is 154 Å². The third kappa shape index (κ3) is 3.36. The zero-order valence-corrected chi connectivity index (χ0v) is 15.8. The van der Waals surface area contributed by atoms with Crippen molar-refractivity contribution in [2.45, 2.75) is 26.4 Å². The molecular weight excluding hydrogens is 358 g/mol. The number of carboxylic acids is 1. The first kappa shape index (κ1) is 18.5. The molecule has 0 aromatic carbocycles. The van der Waals surface area contributed by atoms with E-state index in [-0.39, 0.29) is 18.4 Å². The van der Waals surface area contributed by atoms with Crippen molar-refractivity contribution >= 4 is 33.4 Å². The third-order valence-corrected chi connectivity index (χ3v) is 5.77. The predicted octanol–water partition coefficient (Wildman–Crippen LogP) is 2.09. The number of hydrogen-bond donors (Lipinski definition) is 1. The summed E-state index contributed by atoms with van der Waals surface area (Å²) in [6.45, 7) is 3.01. The highest BCUT2D eigenvalue weighted by Gasteiger charge is 2.30. The van der Waals surface area contributed by atoms with E-state index in [2.05, 4.69) is 9.97 Å². The highest BCUT2D eigenvalue weighted by atomic mass is 32.1. The number of aromatic nitrogens is 2. The normalized spacial score (nSPS) is 15.4. The fourth-order valence-electron chi connectivity index (χ4n) is 3.16. The Balaban J connectivity index is 1.91. The zero-order valence-electron chi connectivity index (χ0n) is 14.9. The van der Waals surface area contributed by atoms with Crippen LogP contribution in [0.5, 0.6) is 5.88 Å². The molecule has 3 rings (SSSR count). The molecule has 0 spiro atoms. The van der Waals surface area contributed by atoms with Gasteiger partial charge in [0.25, 0.3) is 5.91 Å². The Morgan fingerprint density at radius 2 is 1.96 bits per heavy atom. The summed E-state index contributed by atoms with van der Waals surface area (Å²) in [5.74, 6) is -0.325. The minimum absolute atomic E-state index is 0.0929. The van der Waals surface area contributed by atoms with E-state index in [1.807, 2.05) is 6.92 Å². The van der Waals surface area contributed by atoms with Gasteiger partial charge in [0.15, 0.2) is 5.82 Å². The number of amides is 1. The number of aliphatic carboxylic acids is 1. The lowest BCUT2D eigenvalue weighted by Gasteiger charge is -2.29. The molecule has 1 fully saturated rings. The van der Waals surface area contributed by atoms with Gasteiger partial charge in [-0.25, -0.2) is 4.98 Å². The van der Waals surface area contributed by atoms with Crippen LogP contribution in [0.2, 0.25) is 0 Å². The topological polar surface area (TPSA) is 102 Å². The SMILES string of the molecule is COCc1nc(OC)c2c(C)c(C(=O)N3CCC(C(=O)O)CC3)sc2n1. The van der Waals surface area contributed by atoms with E-state index in [0.717, 1.165) is 10.9 Å². The summed E-state index contributed by atoms with van der Waals surface area (Å²) < 4.78 is 10.5. The number of thiophene rings is 1. The monoisotopic (exact) mass is 379 g/mol. The van der Waals surface area contributed by atoms with E-state index >= 15 is 0 Å². The molecule has 0 saturated carbocycles. The lowest BCUT2D eigenvalue weighted by molar-refractivity contribution is -0.143. The van der Waals surface area contributed by atoms with Gasteiger partial charge >= 0.3 is 5.97 Å². The molecule has 2 aromatic rings. The smallest absolute Gasteiger partial charge is 0.306 e. The molecule has 1 N–H and O–H groups in total. The Hall–Kier alpha value is -2.26. The van der Waals surface area contributed by atoms with Gasteiger partial charge in [0.1, 0.15) is 11.4 Å². The van der Waals surface area contributed by atoms with E-state index in [9.17, 15) is 9.59 Å². The number of methoxy groups -OCH3 is 2. The summed E-state index contributed by atoms with van der Waals surface area (Å²) in [6.07, 6.45) is 0.957. The van der Waals surface area contributed by atoms with Crippen LogP contribution < -0.4 is 4.74 Å². The van der Waals surface area contributed by atoms with Crippen LogP contribution in [0.15, 0.2) is 0 Å². The predicted molar refractivity (Wildman–Crippen MR) is 95.7 cm³/mol. The maximum Gasteiger partial charge on any atom is 0.306 e. The first-order valence-electron chi connectivity index (χ1n) is 8.31. The number of carbonyl (C=O) groups excluding carboxylic acids is 1. The molecule has 1 amide bonds. The molecule has 0 bridgehead atoms. The highest BCUT2D eigenvalue weighted by Crippen LogP contribution is 2.36. The van der Waals surface area contributed by atoms with Crippen LogP contribution in [0.3, 0.4) is 0 Å². The second-order valence-electron chi connectivity index (χ2n) is 6.22. The molecule has 2 aromatic heterocycles. The van der Waals surface area contributed by atoms with Crippen LogP contribution in [0, 0.1) is 12.8 Å². The van der Waals surface area contributed by atoms with Gasteiger partial charge in [-0.15, -0.1) is 11.3 Å². The van der Waals surface area contributed by atoms with Crippen molar-refractivity contribution in [1.82, 2.24) is 14.9 Å². The van der Waals surface area contributed by atoms with Gasteiger partial charge in [0, 0.05) is 20.2 Å². The molecule has 0 aliphatic carbocycles. The van der Waals surface area contributed by atoms with Gasteiger partial charge in [0.2, 0.25) is 5.88 Å². The summed E-state index contributed by atoms with van der Waals surface area (Å²) >= 11 is 1.31. The third-order valence-electron chi connectivity index (χ3n) is 4.60. The molecule has 1 aliphatic heterocycles. The van der Waals surface area contributed by atoms with E-state index in [4.69, 9.17) is 14.6 Å². The average Bonchev–Trinajstić information content (AvgIpc) is 2.97. The maximum absolute atomic E-state index is 13.0. The fraction of sp³-hybridized carbons (Fsp3) is 0.529. The van der Waals surface area contributed by atoms with Crippen molar-refractivity contribution in [3.8, 4) is 5.88 Å². The molecule has 1 aliphatic rings. The van der Waals surface area contributed by atoms with Crippen LogP contribution in [-0.4, -0.2) is 59.2 Å². The van der Waals surface area contributed by atoms with E-state index in [1.54, 1.807) is 12.0 Å². The quantitative estimate of drug-likeness (QED) is 0.848. The maximum atomic E-state index is 13.0. The van der Waals surface area contributed by atoms with E-state index < -0.39 is 5.97 Å². The molecule has 0 unspecified atom stereocenters. The summed E-state index contributed by atoms with van der Waals surface area (Å²) in [6, 6.07) is 0. The van der Waals surface area contributed by atoms with Crippen molar-refractivity contribution in [3.05, 3.63) is 16.3 Å². The van der Waals surface area contributed by atoms with Crippen LogP contribution in [0.25, 0.3) is 10.2 Å². The Kier molecular flexibility index (Phi) is 5.38. The number of hydrogen-bond acceptors (Lipinski definition) is 7. The summed E-state index contributed by atoms with van der Waals surface area (Å²) in [5, 5.41) is 9.84. The van der Waals surface area contributed by atoms with Crippen LogP contribution in [-0.2, 0) is 16.1 Å². The molecule has 140 valence electrons. The number of likely N-dealkylation sites (tertiary alicyclic amines) is 1. The molecule has 9 heteroatoms. The van der Waals surface area contributed by atoms with Crippen molar-refractivity contribution in [1.29, 1.82) is 0 Å². The number of rotatable bonds is 5. The summed E-state index contributed by atoms with van der Waals surface area (Å²) in [4.78, 5) is 35.8. The Morgan fingerprint density at radius 3 is 2.54 bits per heavy atom. The van der Waals surface area contributed by atoms with Gasteiger partial charge < -0.3 is 19.5 Å². The molecular formula is C17H21N3O5S. The number of fused-ring (bicyclic) bond motifs is 1. The number of piperidine rings is 1. The van der Waals surface area contributed by atoms with Crippen molar-refractivity contribution in [2.24, 2.45) is 5.92 Å². The first-order valence-corrected chi connectivity index (χ1v) is 9.13. The molecule has 1 saturated heterocycles. The van der Waals surface area contributed by atoms with Crippen molar-refractivity contribution < 1.29 is 24.2 Å². The number of carboxylic acid groups (broad SMARTS) is 1. The van der Waals surface area contributed by atoms with Gasteiger partial charge in [-0.2, -0.15) is 4.98 Å². The molecule has 0 radical (unpaired) electrons. The lowest BCUT2D eigenvalue weighted by Crippen LogP contribution is -2.40. The number of nitrogens with zero attached hydrogens (tertiary/aromatic N) is 3. The van der Waals surface area contributed by atoms with Gasteiger partial charge in [-0.3, -0.25) is 9.59 Å². The average molecular weight is 379 g/mol. The second-order valence-corrected chi connectivity index (χ2v) is 7.22. The number of carbonyl (C=O) groups is 2. The number of aryl methyl sites for hydroxylation is 1. The second kappa shape index (κ2) is 7.55. The highest BCUT2D eigenvalue weighted by molar-refractivity contribution is 7.20. The summed E-state index contributed by atoms with van der Waals surface area (Å²) in [5.41, 5.74) is 0.788. The Bertz CT molecular complexity index is 843. The zero-order chi connectivity index (χ0) is 18.8. The molecule has 8 nitrogen and oxygen atoms in total. The standard InChI is InChI=1S/C17H21N3O5S/c1-9-12-14(25-3)18-11(8-24-2)19-15(12)26-13(9)16(21)20-6-4-10(5-7-20)17(22)23/h10H,4-8H2,1-3H3,(H,22,23). The largest absolute Gasteiger partial charge is 0.481 e. The van der Waals surface area contributed by atoms with Crippen LogP contribution >= 0.6 is 11.3 Å². The fourth-order valence-corrected chi connectivity index (χ4v) is 4.32. The minimum Gasteiger partial charge on any atom is -0.481 e. The van der Waals surface area contributed by atoms with Gasteiger partial charge in [0.05, 0.1) is 23.3 Å². The summed E-state index contributed by atoms with van der Waals surface area (Å²) in [7, 11) is 3.10. The lowest BCUT2D eigenvalue weighted by atomic mass is 9.97. The molecule has 0 atom stereocenters. The van der Waals surface area contributed by atoms with E-state index in [1.165, 1.54) is 18.4 Å². The van der Waals surface area contributed by atoms with Crippen LogP contribution in [0.4, 0.5) is 0 Å². The Morgan fingerprint density at radius 1 is 1.27 bits per heavy atom. The van der Waals surface area contributed by atoms with E-state index in [0.29, 0.717) is 47.3 Å². The number of ether oxygens (including phenoxy) is 2. The molecule has 26 heavy (non-hydrogen) atoms. The first-order chi connectivity index (χ1) is 12.5. The van der Waals surface area contributed by atoms with Crippen molar-refractivity contribution in [2.75, 3.05) is 27.3 Å². The van der Waals surface area contributed by atoms with Crippen molar-refractivity contribution in [3.63, 3.8) is 0 Å². The molecule has 3 heterocycles. The minimum atomic E-state index is -0.791. The van der Waals surface area contributed by atoms with Crippen LogP contribution in [0.1, 0.15) is 33.9 Å².